The Balaban J connectivity index is 1.42. The predicted octanol–water partition coefficient (Wildman–Crippen LogP) is 6.93. The van der Waals surface area contributed by atoms with Crippen molar-refractivity contribution in [2.24, 2.45) is 0 Å². The van der Waals surface area contributed by atoms with Crippen molar-refractivity contribution in [3.05, 3.63) is 72.5 Å². The number of hydrogen-bond acceptors (Lipinski definition) is 7. The maximum absolute atomic E-state index is 12.6. The average Bonchev–Trinajstić information content (AvgIpc) is 3.68. The van der Waals surface area contributed by atoms with Gasteiger partial charge < -0.3 is 23.9 Å². The number of furan rings is 1. The number of hydrogen-bond donors (Lipinski definition) is 0. The zero-order chi connectivity index (χ0) is 30.5. The highest BCUT2D eigenvalue weighted by Crippen LogP contribution is 2.43. The number of benzene rings is 3. The van der Waals surface area contributed by atoms with E-state index in [0.717, 1.165) is 63.4 Å². The zero-order valence-electron chi connectivity index (χ0n) is 25.3. The van der Waals surface area contributed by atoms with Gasteiger partial charge in [0.1, 0.15) is 18.0 Å². The maximum atomic E-state index is 12.6. The second-order valence-electron chi connectivity index (χ2n) is 12.1. The first-order valence-corrected chi connectivity index (χ1v) is 15.6. The summed E-state index contributed by atoms with van der Waals surface area (Å²) in [7, 11) is 2.13. The number of likely N-dealkylation sites (N-methyl/N-ethyl adjacent to an activating group) is 1. The molecule has 9 heteroatoms. The molecule has 226 valence electrons. The van der Waals surface area contributed by atoms with Crippen LogP contribution in [0.1, 0.15) is 26.7 Å². The zero-order valence-corrected chi connectivity index (χ0v) is 26.1. The van der Waals surface area contributed by atoms with Crippen LogP contribution in [-0.4, -0.2) is 77.1 Å². The minimum Gasteiger partial charge on any atom is -0.463 e. The molecule has 2 aliphatic heterocycles. The van der Waals surface area contributed by atoms with E-state index in [4.69, 9.17) is 30.7 Å². The Morgan fingerprint density at radius 2 is 1.91 bits per heavy atom. The molecule has 5 aromatic rings. The molecule has 1 amide bonds. The molecular weight excluding hydrogens is 574 g/mol. The lowest BCUT2D eigenvalue weighted by Gasteiger charge is -2.44. The van der Waals surface area contributed by atoms with Gasteiger partial charge in [0, 0.05) is 47.0 Å². The van der Waals surface area contributed by atoms with E-state index in [1.54, 1.807) is 6.26 Å². The van der Waals surface area contributed by atoms with Gasteiger partial charge in [-0.05, 0) is 81.1 Å². The fraction of sp³-hybridized carbons (Fsp3) is 0.343. The van der Waals surface area contributed by atoms with Crippen molar-refractivity contribution < 1.29 is 13.9 Å². The van der Waals surface area contributed by atoms with Crippen molar-refractivity contribution in [2.45, 2.75) is 44.8 Å². The van der Waals surface area contributed by atoms with Crippen LogP contribution >= 0.6 is 11.6 Å². The van der Waals surface area contributed by atoms with E-state index in [0.29, 0.717) is 42.4 Å². The van der Waals surface area contributed by atoms with Gasteiger partial charge in [0.2, 0.25) is 5.91 Å². The highest BCUT2D eigenvalue weighted by molar-refractivity contribution is 6.37. The van der Waals surface area contributed by atoms with Gasteiger partial charge in [-0.3, -0.25) is 4.79 Å². The molecule has 0 radical (unpaired) electrons. The summed E-state index contributed by atoms with van der Waals surface area (Å²) in [6.45, 7) is 10.6. The van der Waals surface area contributed by atoms with E-state index >= 15 is 0 Å². The topological polar surface area (TPSA) is 74.9 Å². The third-order valence-corrected chi connectivity index (χ3v) is 9.61. The largest absolute Gasteiger partial charge is 0.463 e. The molecule has 44 heavy (non-hydrogen) atoms. The normalized spacial score (nSPS) is 21.0. The van der Waals surface area contributed by atoms with Gasteiger partial charge in [0.15, 0.2) is 0 Å². The molecule has 2 aromatic heterocycles. The summed E-state index contributed by atoms with van der Waals surface area (Å²) in [5.41, 5.74) is 3.43. The van der Waals surface area contributed by atoms with Gasteiger partial charge in [-0.1, -0.05) is 48.5 Å². The predicted molar refractivity (Wildman–Crippen MR) is 177 cm³/mol. The standard InChI is InChI=1S/C35H36ClN5O3/c1-5-30(42)40-18-22(3)41(19-21(40)2)34-32-29(37-35(38-34)44-20-24-11-8-15-39(24)4)17-27(26-14-16-43-33(26)32)25-12-6-9-23-10-7-13-28(36)31(23)25/h5-7,9-10,12-14,16-17,21-22,24H,1,8,11,15,18-20H2,2-4H3/t21-,22+,24+/m1/s1. The monoisotopic (exact) mass is 609 g/mol. The summed E-state index contributed by atoms with van der Waals surface area (Å²) in [5, 5.41) is 4.52. The van der Waals surface area contributed by atoms with Crippen LogP contribution in [0.3, 0.4) is 0 Å². The third kappa shape index (κ3) is 4.86. The molecule has 0 unspecified atom stereocenters. The number of nitrogens with zero attached hydrogens (tertiary/aromatic N) is 5. The molecule has 7 rings (SSSR count). The molecule has 4 heterocycles. The first-order chi connectivity index (χ1) is 21.3. The van der Waals surface area contributed by atoms with Crippen LogP contribution in [0.25, 0.3) is 43.8 Å². The van der Waals surface area contributed by atoms with Crippen LogP contribution in [0.2, 0.25) is 5.02 Å². The molecule has 8 nitrogen and oxygen atoms in total. The van der Waals surface area contributed by atoms with Crippen molar-refractivity contribution in [3.63, 3.8) is 0 Å². The van der Waals surface area contributed by atoms with Crippen LogP contribution in [0.4, 0.5) is 5.82 Å². The number of likely N-dealkylation sites (tertiary alicyclic amines) is 1. The lowest BCUT2D eigenvalue weighted by Crippen LogP contribution is -2.58. The van der Waals surface area contributed by atoms with E-state index in [2.05, 4.69) is 67.6 Å². The summed E-state index contributed by atoms with van der Waals surface area (Å²) in [5.74, 6) is 0.686. The second-order valence-corrected chi connectivity index (χ2v) is 12.5. The second kappa shape index (κ2) is 11.4. The molecule has 2 saturated heterocycles. The molecule has 0 N–H and O–H groups in total. The lowest BCUT2D eigenvalue weighted by molar-refractivity contribution is -0.128. The number of anilines is 1. The molecule has 0 bridgehead atoms. The number of halogens is 1. The van der Waals surface area contributed by atoms with Crippen molar-refractivity contribution in [2.75, 3.05) is 38.2 Å². The van der Waals surface area contributed by atoms with Crippen LogP contribution in [0.5, 0.6) is 6.01 Å². The fourth-order valence-corrected chi connectivity index (χ4v) is 7.20. The molecule has 2 fully saturated rings. The molecule has 0 aliphatic carbocycles. The summed E-state index contributed by atoms with van der Waals surface area (Å²) in [4.78, 5) is 29.1. The van der Waals surface area contributed by atoms with Gasteiger partial charge in [0.25, 0.3) is 0 Å². The van der Waals surface area contributed by atoms with Crippen LogP contribution in [0.15, 0.2) is 71.9 Å². The Bertz CT molecular complexity index is 1900. The Kier molecular flexibility index (Phi) is 7.42. The molecule has 3 atom stereocenters. The highest BCUT2D eigenvalue weighted by Gasteiger charge is 2.34. The number of fused-ring (bicyclic) bond motifs is 4. The lowest BCUT2D eigenvalue weighted by atomic mass is 9.94. The number of carbonyl (C=O) groups excluding carboxylic acids is 1. The number of amides is 1. The Morgan fingerprint density at radius 3 is 2.68 bits per heavy atom. The van der Waals surface area contributed by atoms with E-state index < -0.39 is 0 Å². The summed E-state index contributed by atoms with van der Waals surface area (Å²) in [6.07, 6.45) is 5.35. The van der Waals surface area contributed by atoms with Crippen LogP contribution in [-0.2, 0) is 4.79 Å². The maximum Gasteiger partial charge on any atom is 0.319 e. The number of carbonyl (C=O) groups is 1. The average molecular weight is 610 g/mol. The van der Waals surface area contributed by atoms with Crippen molar-refractivity contribution in [1.82, 2.24) is 19.8 Å². The fourth-order valence-electron chi connectivity index (χ4n) is 6.92. The van der Waals surface area contributed by atoms with Crippen LogP contribution < -0.4 is 9.64 Å². The van der Waals surface area contributed by atoms with Gasteiger partial charge >= 0.3 is 6.01 Å². The quantitative estimate of drug-likeness (QED) is 0.193. The number of ether oxygens (including phenoxy) is 1. The molecule has 3 aromatic carbocycles. The van der Waals surface area contributed by atoms with Gasteiger partial charge in [-0.25, -0.2) is 0 Å². The van der Waals surface area contributed by atoms with E-state index in [9.17, 15) is 4.79 Å². The summed E-state index contributed by atoms with van der Waals surface area (Å²) >= 11 is 6.78. The number of aromatic nitrogens is 2. The highest BCUT2D eigenvalue weighted by atomic mass is 35.5. The molecule has 0 saturated carbocycles. The molecular formula is C35H36ClN5O3. The van der Waals surface area contributed by atoms with Gasteiger partial charge in [0.05, 0.1) is 17.2 Å². The smallest absolute Gasteiger partial charge is 0.319 e. The number of rotatable bonds is 6. The SMILES string of the molecule is C=CC(=O)N1C[C@H](C)N(c2nc(OC[C@@H]3CCCN3C)nc3cc(-c4cccc5cccc(Cl)c45)c4ccoc4c23)C[C@H]1C. The summed E-state index contributed by atoms with van der Waals surface area (Å²) in [6, 6.07) is 16.9. The van der Waals surface area contributed by atoms with Crippen molar-refractivity contribution in [3.8, 4) is 17.1 Å². The minimum absolute atomic E-state index is 0.0106. The first kappa shape index (κ1) is 28.6. The van der Waals surface area contributed by atoms with E-state index in [1.807, 2.05) is 23.1 Å². The minimum atomic E-state index is -0.0620. The Labute approximate surface area is 261 Å². The van der Waals surface area contributed by atoms with Gasteiger partial charge in [-0.15, -0.1) is 0 Å². The van der Waals surface area contributed by atoms with Crippen molar-refractivity contribution >= 4 is 56.0 Å². The first-order valence-electron chi connectivity index (χ1n) is 15.3. The van der Waals surface area contributed by atoms with Crippen LogP contribution in [0, 0.1) is 0 Å². The molecule has 2 aliphatic rings. The summed E-state index contributed by atoms with van der Waals surface area (Å²) < 4.78 is 12.6. The van der Waals surface area contributed by atoms with E-state index in [-0.39, 0.29) is 18.0 Å². The van der Waals surface area contributed by atoms with E-state index in [1.165, 1.54) is 6.08 Å². The molecule has 0 spiro atoms. The van der Waals surface area contributed by atoms with Gasteiger partial charge in [-0.2, -0.15) is 9.97 Å². The Morgan fingerprint density at radius 1 is 1.09 bits per heavy atom. The third-order valence-electron chi connectivity index (χ3n) is 9.30. The Hall–Kier alpha value is -4.14. The number of piperazine rings is 1. The van der Waals surface area contributed by atoms with Crippen molar-refractivity contribution in [1.29, 1.82) is 0 Å².